The van der Waals surface area contributed by atoms with Gasteiger partial charge in [-0.3, -0.25) is 4.79 Å². The molecular weight excluding hydrogens is 328 g/mol. The molecule has 2 aromatic carbocycles. The van der Waals surface area contributed by atoms with Gasteiger partial charge in [0.05, 0.1) is 5.56 Å². The van der Waals surface area contributed by atoms with Crippen molar-refractivity contribution in [2.45, 2.75) is 6.92 Å². The molecule has 7 nitrogen and oxygen atoms in total. The summed E-state index contributed by atoms with van der Waals surface area (Å²) < 4.78 is 19.3. The van der Waals surface area contributed by atoms with E-state index in [1.54, 1.807) is 18.2 Å². The minimum atomic E-state index is -0.945. The molecule has 2 rings (SSSR count). The Morgan fingerprint density at radius 1 is 0.880 bits per heavy atom. The molecule has 0 aliphatic rings. The normalized spacial score (nSPS) is 10.0. The molecule has 130 valence electrons. The van der Waals surface area contributed by atoms with Crippen molar-refractivity contribution in [1.29, 1.82) is 0 Å². The lowest BCUT2D eigenvalue weighted by atomic mass is 10.1. The molecule has 7 heteroatoms. The number of esters is 1. The van der Waals surface area contributed by atoms with Gasteiger partial charge in [-0.25, -0.2) is 9.59 Å². The zero-order chi connectivity index (χ0) is 18.2. The van der Waals surface area contributed by atoms with E-state index in [-0.39, 0.29) is 29.6 Å². The highest BCUT2D eigenvalue weighted by molar-refractivity contribution is 5.98. The second-order valence-electron chi connectivity index (χ2n) is 4.90. The van der Waals surface area contributed by atoms with Crippen LogP contribution in [-0.4, -0.2) is 31.8 Å². The largest absolute Gasteiger partial charge is 0.515 e. The lowest BCUT2D eigenvalue weighted by molar-refractivity contribution is -0.00776. The summed E-state index contributed by atoms with van der Waals surface area (Å²) in [5.41, 5.74) is 0.644. The van der Waals surface area contributed by atoms with Crippen molar-refractivity contribution in [3.8, 4) is 11.5 Å². The standard InChI is InChI=1S/C18H16O7/c1-12(19)13-5-3-6-14(9-13)17(20)24-15-7-4-8-16(10-15)25-18(21)23-11-22-2/h3-10H,11H2,1-2H3. The maximum atomic E-state index is 12.2. The molecule has 0 aliphatic carbocycles. The van der Waals surface area contributed by atoms with Crippen LogP contribution in [0.3, 0.4) is 0 Å². The van der Waals surface area contributed by atoms with E-state index in [9.17, 15) is 14.4 Å². The average Bonchev–Trinajstić information content (AvgIpc) is 2.60. The van der Waals surface area contributed by atoms with Gasteiger partial charge in [-0.15, -0.1) is 0 Å². The van der Waals surface area contributed by atoms with Crippen LogP contribution >= 0.6 is 0 Å². The minimum Gasteiger partial charge on any atom is -0.423 e. The summed E-state index contributed by atoms with van der Waals surface area (Å²) in [6.45, 7) is 1.17. The molecule has 0 amide bonds. The van der Waals surface area contributed by atoms with E-state index >= 15 is 0 Å². The summed E-state index contributed by atoms with van der Waals surface area (Å²) in [4.78, 5) is 34.9. The Labute approximate surface area is 144 Å². The number of hydrogen-bond donors (Lipinski definition) is 0. The first-order valence-corrected chi connectivity index (χ1v) is 7.26. The summed E-state index contributed by atoms with van der Waals surface area (Å²) >= 11 is 0. The number of ether oxygens (including phenoxy) is 4. The fourth-order valence-electron chi connectivity index (χ4n) is 1.87. The molecule has 0 saturated carbocycles. The fraction of sp³-hybridized carbons (Fsp3) is 0.167. The lowest BCUT2D eigenvalue weighted by Crippen LogP contribution is -2.12. The topological polar surface area (TPSA) is 88.1 Å². The average molecular weight is 344 g/mol. The molecule has 0 saturated heterocycles. The molecule has 2 aromatic rings. The third-order valence-corrected chi connectivity index (χ3v) is 3.02. The summed E-state index contributed by atoms with van der Waals surface area (Å²) in [7, 11) is 1.37. The van der Waals surface area contributed by atoms with Gasteiger partial charge in [0.15, 0.2) is 12.6 Å². The van der Waals surface area contributed by atoms with Gasteiger partial charge >= 0.3 is 12.1 Å². The van der Waals surface area contributed by atoms with E-state index in [0.29, 0.717) is 5.56 Å². The Hall–Kier alpha value is -3.19. The Kier molecular flexibility index (Phi) is 6.25. The van der Waals surface area contributed by atoms with E-state index in [2.05, 4.69) is 9.47 Å². The number of hydrogen-bond acceptors (Lipinski definition) is 7. The molecule has 0 unspecified atom stereocenters. The van der Waals surface area contributed by atoms with Gasteiger partial charge in [-0.05, 0) is 31.2 Å². The zero-order valence-corrected chi connectivity index (χ0v) is 13.7. The Balaban J connectivity index is 2.06. The minimum absolute atomic E-state index is 0.142. The van der Waals surface area contributed by atoms with Gasteiger partial charge in [0.1, 0.15) is 11.5 Å². The van der Waals surface area contributed by atoms with Crippen molar-refractivity contribution in [2.24, 2.45) is 0 Å². The van der Waals surface area contributed by atoms with Gasteiger partial charge < -0.3 is 18.9 Å². The molecule has 0 N–H and O–H groups in total. The molecule has 0 atom stereocenters. The van der Waals surface area contributed by atoms with Crippen molar-refractivity contribution >= 4 is 17.9 Å². The molecule has 0 fully saturated rings. The van der Waals surface area contributed by atoms with Crippen molar-refractivity contribution < 1.29 is 33.3 Å². The lowest BCUT2D eigenvalue weighted by Gasteiger charge is -2.08. The number of carbonyl (C=O) groups is 3. The van der Waals surface area contributed by atoms with Crippen LogP contribution in [0.2, 0.25) is 0 Å². The molecule has 25 heavy (non-hydrogen) atoms. The second-order valence-corrected chi connectivity index (χ2v) is 4.90. The summed E-state index contributed by atoms with van der Waals surface area (Å²) in [6.07, 6.45) is -0.945. The van der Waals surface area contributed by atoms with Gasteiger partial charge in [0.25, 0.3) is 0 Å². The van der Waals surface area contributed by atoms with Crippen molar-refractivity contribution in [3.63, 3.8) is 0 Å². The highest BCUT2D eigenvalue weighted by Crippen LogP contribution is 2.21. The molecule has 0 radical (unpaired) electrons. The first kappa shape index (κ1) is 18.2. The number of ketones is 1. The van der Waals surface area contributed by atoms with Crippen LogP contribution in [0.15, 0.2) is 48.5 Å². The SMILES string of the molecule is COCOC(=O)Oc1cccc(OC(=O)c2cccc(C(C)=O)c2)c1. The fourth-order valence-corrected chi connectivity index (χ4v) is 1.87. The van der Waals surface area contributed by atoms with Crippen LogP contribution in [-0.2, 0) is 9.47 Å². The highest BCUT2D eigenvalue weighted by atomic mass is 16.8. The van der Waals surface area contributed by atoms with E-state index in [4.69, 9.17) is 9.47 Å². The predicted octanol–water partition coefficient (Wildman–Crippen LogP) is 3.23. The number of rotatable bonds is 6. The third kappa shape index (κ3) is 5.43. The Morgan fingerprint density at radius 2 is 1.52 bits per heavy atom. The number of Topliss-reactive ketones (excluding diaryl/α,β-unsaturated/α-hetero) is 1. The summed E-state index contributed by atoms with van der Waals surface area (Å²) in [5, 5.41) is 0. The quantitative estimate of drug-likeness (QED) is 0.261. The summed E-state index contributed by atoms with van der Waals surface area (Å²) in [6, 6.07) is 12.1. The van der Waals surface area contributed by atoms with Crippen LogP contribution in [0.5, 0.6) is 11.5 Å². The van der Waals surface area contributed by atoms with Crippen LogP contribution in [0.25, 0.3) is 0 Å². The van der Waals surface area contributed by atoms with Gasteiger partial charge in [-0.1, -0.05) is 18.2 Å². The molecular formula is C18H16O7. The van der Waals surface area contributed by atoms with Crippen molar-refractivity contribution in [3.05, 3.63) is 59.7 Å². The number of methoxy groups -OCH3 is 1. The van der Waals surface area contributed by atoms with Crippen molar-refractivity contribution in [1.82, 2.24) is 0 Å². The maximum Gasteiger partial charge on any atom is 0.515 e. The Bertz CT molecular complexity index is 782. The number of benzene rings is 2. The van der Waals surface area contributed by atoms with Crippen LogP contribution in [0.1, 0.15) is 27.6 Å². The van der Waals surface area contributed by atoms with E-state index in [1.165, 1.54) is 44.4 Å². The first-order chi connectivity index (χ1) is 12.0. The zero-order valence-electron chi connectivity index (χ0n) is 13.7. The molecule has 0 bridgehead atoms. The monoisotopic (exact) mass is 344 g/mol. The predicted molar refractivity (Wildman–Crippen MR) is 86.8 cm³/mol. The molecule has 0 spiro atoms. The van der Waals surface area contributed by atoms with Gasteiger partial charge in [0.2, 0.25) is 0 Å². The van der Waals surface area contributed by atoms with Crippen molar-refractivity contribution in [2.75, 3.05) is 13.9 Å². The van der Waals surface area contributed by atoms with Crippen LogP contribution in [0, 0.1) is 0 Å². The van der Waals surface area contributed by atoms with Gasteiger partial charge in [0, 0.05) is 18.7 Å². The highest BCUT2D eigenvalue weighted by Gasteiger charge is 2.12. The molecule has 0 aromatic heterocycles. The van der Waals surface area contributed by atoms with E-state index in [1.807, 2.05) is 0 Å². The molecule has 0 aliphatic heterocycles. The van der Waals surface area contributed by atoms with Crippen LogP contribution < -0.4 is 9.47 Å². The summed E-state index contributed by atoms with van der Waals surface area (Å²) in [5.74, 6) is -0.471. The van der Waals surface area contributed by atoms with E-state index in [0.717, 1.165) is 0 Å². The maximum absolute atomic E-state index is 12.2. The van der Waals surface area contributed by atoms with Gasteiger partial charge in [-0.2, -0.15) is 0 Å². The Morgan fingerprint density at radius 3 is 2.20 bits per heavy atom. The second kappa shape index (κ2) is 8.60. The first-order valence-electron chi connectivity index (χ1n) is 7.26. The van der Waals surface area contributed by atoms with E-state index < -0.39 is 12.1 Å². The smallest absolute Gasteiger partial charge is 0.423 e. The molecule has 0 heterocycles. The number of carbonyl (C=O) groups excluding carboxylic acids is 3. The third-order valence-electron chi connectivity index (χ3n) is 3.02. The van der Waals surface area contributed by atoms with Crippen LogP contribution in [0.4, 0.5) is 4.79 Å².